The summed E-state index contributed by atoms with van der Waals surface area (Å²) in [5.74, 6) is 1.33. The lowest BCUT2D eigenvalue weighted by atomic mass is 10.0. The molecule has 0 bridgehead atoms. The van der Waals surface area contributed by atoms with E-state index in [1.165, 1.54) is 5.56 Å². The smallest absolute Gasteiger partial charge is 0.125 e. The molecule has 0 aliphatic rings. The van der Waals surface area contributed by atoms with Gasteiger partial charge >= 0.3 is 0 Å². The van der Waals surface area contributed by atoms with E-state index >= 15 is 0 Å². The summed E-state index contributed by atoms with van der Waals surface area (Å²) in [7, 11) is 0. The second-order valence-corrected chi connectivity index (χ2v) is 6.18. The number of hydrogen-bond acceptors (Lipinski definition) is 1. The second kappa shape index (κ2) is 6.20. The predicted molar refractivity (Wildman–Crippen MR) is 91.9 cm³/mol. The standard InChI is InChI=1S/C17H16BrClN2/c1-2-15(12-6-4-3-5-7-12)21-16-10-13(18)8-9-14(16)20-17(21)11-19/h3-10,15H,2,11H2,1H3. The van der Waals surface area contributed by atoms with Gasteiger partial charge in [0.25, 0.3) is 0 Å². The fourth-order valence-corrected chi connectivity index (χ4v) is 3.34. The Bertz CT molecular complexity index is 752. The molecule has 2 aromatic carbocycles. The third-order valence-corrected chi connectivity index (χ3v) is 4.46. The molecule has 1 atom stereocenters. The van der Waals surface area contributed by atoms with Crippen LogP contribution in [0.3, 0.4) is 0 Å². The van der Waals surface area contributed by atoms with Crippen LogP contribution in [-0.2, 0) is 5.88 Å². The summed E-state index contributed by atoms with van der Waals surface area (Å²) in [5.41, 5.74) is 3.39. The number of imidazole rings is 1. The second-order valence-electron chi connectivity index (χ2n) is 5.00. The van der Waals surface area contributed by atoms with Crippen LogP contribution in [0.2, 0.25) is 0 Å². The molecule has 0 amide bonds. The highest BCUT2D eigenvalue weighted by Gasteiger charge is 2.19. The van der Waals surface area contributed by atoms with Crippen molar-refractivity contribution >= 4 is 38.6 Å². The first-order valence-corrected chi connectivity index (χ1v) is 8.34. The van der Waals surface area contributed by atoms with E-state index in [-0.39, 0.29) is 6.04 Å². The molecule has 1 unspecified atom stereocenters. The van der Waals surface area contributed by atoms with Crippen LogP contribution < -0.4 is 0 Å². The van der Waals surface area contributed by atoms with Gasteiger partial charge in [-0.25, -0.2) is 4.98 Å². The molecule has 1 aromatic heterocycles. The topological polar surface area (TPSA) is 17.8 Å². The molecule has 108 valence electrons. The first-order chi connectivity index (χ1) is 10.2. The summed E-state index contributed by atoms with van der Waals surface area (Å²) in [6.45, 7) is 2.19. The van der Waals surface area contributed by atoms with Crippen LogP contribution in [0.5, 0.6) is 0 Å². The Kier molecular flexibility index (Phi) is 4.32. The Morgan fingerprint density at radius 2 is 1.95 bits per heavy atom. The minimum atomic E-state index is 0.249. The zero-order chi connectivity index (χ0) is 14.8. The lowest BCUT2D eigenvalue weighted by molar-refractivity contribution is 0.565. The number of halogens is 2. The van der Waals surface area contributed by atoms with E-state index in [1.54, 1.807) is 0 Å². The molecule has 3 aromatic rings. The van der Waals surface area contributed by atoms with Crippen LogP contribution in [0, 0.1) is 0 Å². The maximum Gasteiger partial charge on any atom is 0.125 e. The number of aromatic nitrogens is 2. The SMILES string of the molecule is CCC(c1ccccc1)n1c(CCl)nc2ccc(Br)cc21. The van der Waals surface area contributed by atoms with E-state index in [2.05, 4.69) is 62.7 Å². The Labute approximate surface area is 137 Å². The highest BCUT2D eigenvalue weighted by atomic mass is 79.9. The summed E-state index contributed by atoms with van der Waals surface area (Å²) in [4.78, 5) is 4.68. The van der Waals surface area contributed by atoms with Gasteiger partial charge in [0, 0.05) is 4.47 Å². The number of rotatable bonds is 4. The van der Waals surface area contributed by atoms with Crippen LogP contribution in [0.1, 0.15) is 30.8 Å². The Hall–Kier alpha value is -1.32. The Balaban J connectivity index is 2.23. The van der Waals surface area contributed by atoms with Gasteiger partial charge in [-0.2, -0.15) is 0 Å². The van der Waals surface area contributed by atoms with Crippen LogP contribution in [0.4, 0.5) is 0 Å². The summed E-state index contributed by atoms with van der Waals surface area (Å²) in [5, 5.41) is 0. The normalized spacial score (nSPS) is 12.7. The van der Waals surface area contributed by atoms with Gasteiger partial charge < -0.3 is 4.57 Å². The molecule has 0 N–H and O–H groups in total. The quantitative estimate of drug-likeness (QED) is 0.557. The largest absolute Gasteiger partial charge is 0.319 e. The van der Waals surface area contributed by atoms with Crippen molar-refractivity contribution in [2.45, 2.75) is 25.3 Å². The van der Waals surface area contributed by atoms with Crippen molar-refractivity contribution in [1.82, 2.24) is 9.55 Å². The number of alkyl halides is 1. The molecule has 0 radical (unpaired) electrons. The summed E-state index contributed by atoms with van der Waals surface area (Å²) in [6.07, 6.45) is 0.992. The summed E-state index contributed by atoms with van der Waals surface area (Å²) < 4.78 is 3.32. The van der Waals surface area contributed by atoms with Crippen molar-refractivity contribution in [2.24, 2.45) is 0 Å². The maximum atomic E-state index is 6.14. The third kappa shape index (κ3) is 2.72. The predicted octanol–water partition coefficient (Wildman–Crippen LogP) is 5.54. The monoisotopic (exact) mass is 362 g/mol. The molecule has 0 aliphatic carbocycles. The molecule has 0 saturated heterocycles. The molecule has 0 saturated carbocycles. The summed E-state index contributed by atoms with van der Waals surface area (Å²) >= 11 is 9.69. The molecule has 0 fully saturated rings. The third-order valence-electron chi connectivity index (χ3n) is 3.73. The lowest BCUT2D eigenvalue weighted by Gasteiger charge is -2.20. The Morgan fingerprint density at radius 1 is 1.19 bits per heavy atom. The molecular formula is C17H16BrClN2. The van der Waals surface area contributed by atoms with Gasteiger partial charge in [0.05, 0.1) is 23.0 Å². The van der Waals surface area contributed by atoms with Gasteiger partial charge in [-0.15, -0.1) is 11.6 Å². The zero-order valence-corrected chi connectivity index (χ0v) is 14.1. The van der Waals surface area contributed by atoms with E-state index in [1.807, 2.05) is 18.2 Å². The van der Waals surface area contributed by atoms with Gasteiger partial charge in [0.15, 0.2) is 0 Å². The van der Waals surface area contributed by atoms with E-state index < -0.39 is 0 Å². The van der Waals surface area contributed by atoms with Crippen LogP contribution in [0.15, 0.2) is 53.0 Å². The molecule has 4 heteroatoms. The van der Waals surface area contributed by atoms with Gasteiger partial charge in [0.1, 0.15) is 5.82 Å². The molecule has 0 spiro atoms. The van der Waals surface area contributed by atoms with Gasteiger partial charge in [0.2, 0.25) is 0 Å². The molecule has 1 heterocycles. The van der Waals surface area contributed by atoms with Crippen molar-refractivity contribution in [2.75, 3.05) is 0 Å². The van der Waals surface area contributed by atoms with E-state index in [4.69, 9.17) is 11.6 Å². The molecule has 2 nitrogen and oxygen atoms in total. The van der Waals surface area contributed by atoms with Crippen molar-refractivity contribution in [3.05, 3.63) is 64.4 Å². The minimum Gasteiger partial charge on any atom is -0.319 e. The average Bonchev–Trinajstić information content (AvgIpc) is 2.87. The number of nitrogens with zero attached hydrogens (tertiary/aromatic N) is 2. The summed E-state index contributed by atoms with van der Waals surface area (Å²) in [6, 6.07) is 16.9. The molecular weight excluding hydrogens is 348 g/mol. The maximum absolute atomic E-state index is 6.14. The highest BCUT2D eigenvalue weighted by Crippen LogP contribution is 2.30. The van der Waals surface area contributed by atoms with Crippen molar-refractivity contribution in [3.63, 3.8) is 0 Å². The van der Waals surface area contributed by atoms with Gasteiger partial charge in [-0.3, -0.25) is 0 Å². The Morgan fingerprint density at radius 3 is 2.62 bits per heavy atom. The van der Waals surface area contributed by atoms with E-state index in [0.29, 0.717) is 5.88 Å². The van der Waals surface area contributed by atoms with Crippen LogP contribution >= 0.6 is 27.5 Å². The zero-order valence-electron chi connectivity index (χ0n) is 11.8. The number of fused-ring (bicyclic) bond motifs is 1. The van der Waals surface area contributed by atoms with Crippen molar-refractivity contribution in [1.29, 1.82) is 0 Å². The first kappa shape index (κ1) is 14.6. The van der Waals surface area contributed by atoms with Crippen LogP contribution in [0.25, 0.3) is 11.0 Å². The average molecular weight is 364 g/mol. The minimum absolute atomic E-state index is 0.249. The highest BCUT2D eigenvalue weighted by molar-refractivity contribution is 9.10. The van der Waals surface area contributed by atoms with Crippen molar-refractivity contribution < 1.29 is 0 Å². The molecule has 3 rings (SSSR count). The first-order valence-electron chi connectivity index (χ1n) is 7.02. The number of benzene rings is 2. The van der Waals surface area contributed by atoms with E-state index in [0.717, 1.165) is 27.8 Å². The van der Waals surface area contributed by atoms with Gasteiger partial charge in [-0.1, -0.05) is 53.2 Å². The number of hydrogen-bond donors (Lipinski definition) is 0. The fourth-order valence-electron chi connectivity index (χ4n) is 2.80. The van der Waals surface area contributed by atoms with Crippen LogP contribution in [-0.4, -0.2) is 9.55 Å². The molecule has 21 heavy (non-hydrogen) atoms. The van der Waals surface area contributed by atoms with Gasteiger partial charge in [-0.05, 0) is 30.2 Å². The molecule has 0 aliphatic heterocycles. The van der Waals surface area contributed by atoms with Crippen molar-refractivity contribution in [3.8, 4) is 0 Å². The van der Waals surface area contributed by atoms with E-state index in [9.17, 15) is 0 Å². The fraction of sp³-hybridized carbons (Fsp3) is 0.235. The lowest BCUT2D eigenvalue weighted by Crippen LogP contribution is -2.12.